The Labute approximate surface area is 177 Å². The Morgan fingerprint density at radius 3 is 2.31 bits per heavy atom. The number of benzene rings is 2. The fourth-order valence-electron chi connectivity index (χ4n) is 2.98. The number of H-pyrrole nitrogens is 1. The van der Waals surface area contributed by atoms with Gasteiger partial charge in [-0.05, 0) is 22.6 Å². The van der Waals surface area contributed by atoms with E-state index in [0.717, 1.165) is 23.4 Å². The molecule has 0 aliphatic carbocycles. The molecule has 0 saturated heterocycles. The van der Waals surface area contributed by atoms with E-state index in [1.54, 1.807) is 11.3 Å². The summed E-state index contributed by atoms with van der Waals surface area (Å²) in [5.74, 6) is 1.01. The van der Waals surface area contributed by atoms with E-state index in [1.165, 1.54) is 16.6 Å². The van der Waals surface area contributed by atoms with Crippen molar-refractivity contribution in [2.45, 2.75) is 17.6 Å². The summed E-state index contributed by atoms with van der Waals surface area (Å²) in [7, 11) is 0. The maximum atomic E-state index is 12.6. The lowest BCUT2D eigenvalue weighted by atomic mass is 9.99. The van der Waals surface area contributed by atoms with Crippen LogP contribution >= 0.6 is 23.1 Å². The Kier molecular flexibility index (Phi) is 6.38. The van der Waals surface area contributed by atoms with Gasteiger partial charge in [-0.1, -0.05) is 78.5 Å². The monoisotopic (exact) mass is 420 g/mol. The van der Waals surface area contributed by atoms with Crippen LogP contribution in [0.5, 0.6) is 0 Å². The molecule has 4 rings (SSSR count). The van der Waals surface area contributed by atoms with Gasteiger partial charge in [0, 0.05) is 11.3 Å². The zero-order valence-corrected chi connectivity index (χ0v) is 17.2. The molecule has 0 fully saturated rings. The second kappa shape index (κ2) is 9.54. The van der Waals surface area contributed by atoms with Crippen LogP contribution in [-0.2, 0) is 11.2 Å². The smallest absolute Gasteiger partial charge is 0.231 e. The first-order valence-electron chi connectivity index (χ1n) is 9.23. The topological polar surface area (TPSA) is 70.7 Å². The van der Waals surface area contributed by atoms with Crippen LogP contribution in [0.1, 0.15) is 27.9 Å². The Bertz CT molecular complexity index is 994. The minimum Gasteiger partial charge on any atom is -0.344 e. The van der Waals surface area contributed by atoms with E-state index in [1.807, 2.05) is 72.1 Å². The molecule has 5 nitrogen and oxygen atoms in total. The first-order chi connectivity index (χ1) is 14.3. The van der Waals surface area contributed by atoms with Gasteiger partial charge in [0.2, 0.25) is 11.1 Å². The van der Waals surface area contributed by atoms with Gasteiger partial charge in [-0.2, -0.15) is 0 Å². The number of aromatic amines is 1. The highest BCUT2D eigenvalue weighted by atomic mass is 32.2. The molecule has 0 atom stereocenters. The van der Waals surface area contributed by atoms with Crippen LogP contribution in [0, 0.1) is 0 Å². The highest BCUT2D eigenvalue weighted by molar-refractivity contribution is 7.99. The fraction of sp³-hybridized carbons (Fsp3) is 0.136. The third kappa shape index (κ3) is 5.34. The lowest BCUT2D eigenvalue weighted by Gasteiger charge is -2.19. The molecular weight excluding hydrogens is 400 g/mol. The Hall–Kier alpha value is -2.90. The van der Waals surface area contributed by atoms with Crippen LogP contribution in [0.15, 0.2) is 83.3 Å². The van der Waals surface area contributed by atoms with Crippen LogP contribution < -0.4 is 5.32 Å². The molecule has 7 heteroatoms. The number of carbonyl (C=O) groups is 1. The normalized spacial score (nSPS) is 10.9. The second-order valence-electron chi connectivity index (χ2n) is 6.43. The number of aromatic nitrogens is 3. The molecule has 2 heterocycles. The van der Waals surface area contributed by atoms with E-state index in [9.17, 15) is 4.79 Å². The van der Waals surface area contributed by atoms with Gasteiger partial charge in [-0.25, -0.2) is 4.98 Å². The molecule has 0 radical (unpaired) electrons. The van der Waals surface area contributed by atoms with Crippen LogP contribution in [0.2, 0.25) is 0 Å². The molecule has 0 saturated carbocycles. The number of nitrogens with one attached hydrogen (secondary N) is 2. The van der Waals surface area contributed by atoms with Crippen LogP contribution in [0.3, 0.4) is 0 Å². The van der Waals surface area contributed by atoms with Crippen molar-refractivity contribution < 1.29 is 4.79 Å². The van der Waals surface area contributed by atoms with E-state index in [2.05, 4.69) is 26.6 Å². The summed E-state index contributed by atoms with van der Waals surface area (Å²) in [5.41, 5.74) is 2.10. The summed E-state index contributed by atoms with van der Waals surface area (Å²) in [6.45, 7) is 0. The quantitative estimate of drug-likeness (QED) is 0.413. The average molecular weight is 421 g/mol. The van der Waals surface area contributed by atoms with Crippen molar-refractivity contribution in [1.82, 2.24) is 20.5 Å². The van der Waals surface area contributed by atoms with Gasteiger partial charge in [0.05, 0.1) is 11.8 Å². The van der Waals surface area contributed by atoms with Crippen LogP contribution in [-0.4, -0.2) is 26.8 Å². The van der Waals surface area contributed by atoms with E-state index in [4.69, 9.17) is 0 Å². The first-order valence-corrected chi connectivity index (χ1v) is 11.1. The third-order valence-corrected chi connectivity index (χ3v) is 6.06. The molecule has 1 amide bonds. The molecule has 2 aromatic heterocycles. The molecule has 0 bridgehead atoms. The summed E-state index contributed by atoms with van der Waals surface area (Å²) in [5, 5.41) is 12.9. The molecule has 4 aromatic rings. The number of hydrogen-bond donors (Lipinski definition) is 2. The summed E-state index contributed by atoms with van der Waals surface area (Å²) in [4.78, 5) is 18.3. The van der Waals surface area contributed by atoms with E-state index in [0.29, 0.717) is 5.16 Å². The van der Waals surface area contributed by atoms with Gasteiger partial charge in [-0.3, -0.25) is 9.89 Å². The summed E-state index contributed by atoms with van der Waals surface area (Å²) in [6, 6.07) is 23.9. The maximum absolute atomic E-state index is 12.6. The van der Waals surface area contributed by atoms with Crippen molar-refractivity contribution in [3.05, 3.63) is 100 Å². The van der Waals surface area contributed by atoms with Crippen molar-refractivity contribution in [2.75, 3.05) is 5.75 Å². The van der Waals surface area contributed by atoms with Crippen molar-refractivity contribution in [3.63, 3.8) is 0 Å². The first kappa shape index (κ1) is 19.4. The standard InChI is InChI=1S/C22H20N4OS2/c27-20(15-29-22-23-19(25-26-22)14-18-12-7-13-28-18)24-21(16-8-3-1-4-9-16)17-10-5-2-6-11-17/h1-13,21H,14-15H2,(H,24,27)(H,23,25,26). The zero-order valence-electron chi connectivity index (χ0n) is 15.6. The molecule has 29 heavy (non-hydrogen) atoms. The number of hydrogen-bond acceptors (Lipinski definition) is 5. The predicted octanol–water partition coefficient (Wildman–Crippen LogP) is 4.45. The van der Waals surface area contributed by atoms with E-state index < -0.39 is 0 Å². The van der Waals surface area contributed by atoms with Crippen molar-refractivity contribution in [1.29, 1.82) is 0 Å². The van der Waals surface area contributed by atoms with E-state index in [-0.39, 0.29) is 17.7 Å². The molecule has 0 spiro atoms. The largest absolute Gasteiger partial charge is 0.344 e. The van der Waals surface area contributed by atoms with Gasteiger partial charge < -0.3 is 5.32 Å². The lowest BCUT2D eigenvalue weighted by Crippen LogP contribution is -2.30. The number of rotatable bonds is 8. The highest BCUT2D eigenvalue weighted by Crippen LogP contribution is 2.22. The second-order valence-corrected chi connectivity index (χ2v) is 8.41. The van der Waals surface area contributed by atoms with Gasteiger partial charge >= 0.3 is 0 Å². The Morgan fingerprint density at radius 1 is 1.00 bits per heavy atom. The van der Waals surface area contributed by atoms with Crippen LogP contribution in [0.25, 0.3) is 0 Å². The van der Waals surface area contributed by atoms with Gasteiger partial charge in [0.25, 0.3) is 0 Å². The summed E-state index contributed by atoms with van der Waals surface area (Å²) < 4.78 is 0. The number of amides is 1. The molecule has 0 aliphatic rings. The average Bonchev–Trinajstić information content (AvgIpc) is 3.44. The Balaban J connectivity index is 1.38. The third-order valence-electron chi connectivity index (χ3n) is 4.34. The Morgan fingerprint density at radius 2 is 1.69 bits per heavy atom. The fourth-order valence-corrected chi connectivity index (χ4v) is 4.32. The molecule has 2 N–H and O–H groups in total. The van der Waals surface area contributed by atoms with Crippen LogP contribution in [0.4, 0.5) is 0 Å². The SMILES string of the molecule is O=C(CSc1n[nH]c(Cc2cccs2)n1)NC(c1ccccc1)c1ccccc1. The summed E-state index contributed by atoms with van der Waals surface area (Å²) in [6.07, 6.45) is 0.724. The van der Waals surface area contributed by atoms with Crippen molar-refractivity contribution in [3.8, 4) is 0 Å². The maximum Gasteiger partial charge on any atom is 0.231 e. The molecular formula is C22H20N4OS2. The number of thiophene rings is 1. The number of thioether (sulfide) groups is 1. The lowest BCUT2D eigenvalue weighted by molar-refractivity contribution is -0.119. The molecule has 2 aromatic carbocycles. The van der Waals surface area contributed by atoms with Crippen molar-refractivity contribution in [2.24, 2.45) is 0 Å². The molecule has 0 unspecified atom stereocenters. The molecule has 146 valence electrons. The van der Waals surface area contributed by atoms with Crippen molar-refractivity contribution >= 4 is 29.0 Å². The highest BCUT2D eigenvalue weighted by Gasteiger charge is 2.17. The molecule has 0 aliphatic heterocycles. The number of nitrogens with zero attached hydrogens (tertiary/aromatic N) is 2. The minimum atomic E-state index is -0.188. The number of carbonyl (C=O) groups excluding carboxylic acids is 1. The van der Waals surface area contributed by atoms with Gasteiger partial charge in [0.1, 0.15) is 5.82 Å². The summed E-state index contributed by atoms with van der Waals surface area (Å²) >= 11 is 3.02. The van der Waals surface area contributed by atoms with E-state index >= 15 is 0 Å². The van der Waals surface area contributed by atoms with Gasteiger partial charge in [0.15, 0.2) is 0 Å². The predicted molar refractivity (Wildman–Crippen MR) is 117 cm³/mol. The minimum absolute atomic E-state index is 0.0580. The zero-order chi connectivity index (χ0) is 19.9. The van der Waals surface area contributed by atoms with Gasteiger partial charge in [-0.15, -0.1) is 16.4 Å².